The molecule has 0 aromatic heterocycles. The molecule has 0 radical (unpaired) electrons. The van der Waals surface area contributed by atoms with Crippen molar-refractivity contribution in [3.05, 3.63) is 64.4 Å². The van der Waals surface area contributed by atoms with E-state index in [-0.39, 0.29) is 35.0 Å². The summed E-state index contributed by atoms with van der Waals surface area (Å²) < 4.78 is 43.7. The standard InChI is InChI=1S/C19H20ClFN2O5S/c1-3-28-19(25)15-10-14(8-9-16(15)20)22-18(24)12-23(29(2,26)27)11-13-6-4-5-7-17(13)21/h4-10H,3,11-12H2,1-2H3,(H,22,24). The zero-order chi connectivity index (χ0) is 21.6. The Morgan fingerprint density at radius 2 is 1.90 bits per heavy atom. The molecule has 1 N–H and O–H groups in total. The second kappa shape index (κ2) is 9.82. The number of benzene rings is 2. The van der Waals surface area contributed by atoms with Gasteiger partial charge in [-0.25, -0.2) is 17.6 Å². The first-order chi connectivity index (χ1) is 13.6. The van der Waals surface area contributed by atoms with Crippen LogP contribution in [0.15, 0.2) is 42.5 Å². The van der Waals surface area contributed by atoms with Gasteiger partial charge < -0.3 is 10.1 Å². The monoisotopic (exact) mass is 442 g/mol. The number of amides is 1. The first-order valence-corrected chi connectivity index (χ1v) is 10.8. The van der Waals surface area contributed by atoms with Gasteiger partial charge in [0.25, 0.3) is 0 Å². The Hall–Kier alpha value is -2.49. The molecule has 0 saturated heterocycles. The number of ether oxygens (including phenoxy) is 1. The molecular weight excluding hydrogens is 423 g/mol. The highest BCUT2D eigenvalue weighted by Crippen LogP contribution is 2.22. The van der Waals surface area contributed by atoms with Crippen molar-refractivity contribution in [1.82, 2.24) is 4.31 Å². The predicted molar refractivity (Wildman–Crippen MR) is 108 cm³/mol. The summed E-state index contributed by atoms with van der Waals surface area (Å²) in [7, 11) is -3.79. The van der Waals surface area contributed by atoms with Gasteiger partial charge in [0, 0.05) is 17.8 Å². The van der Waals surface area contributed by atoms with Crippen molar-refractivity contribution in [1.29, 1.82) is 0 Å². The first-order valence-electron chi connectivity index (χ1n) is 8.57. The lowest BCUT2D eigenvalue weighted by molar-refractivity contribution is -0.116. The molecule has 0 aliphatic heterocycles. The molecule has 0 aliphatic rings. The Morgan fingerprint density at radius 3 is 2.52 bits per heavy atom. The van der Waals surface area contributed by atoms with Gasteiger partial charge in [-0.05, 0) is 31.2 Å². The summed E-state index contributed by atoms with van der Waals surface area (Å²) in [6.07, 6.45) is 0.933. The molecule has 0 unspecified atom stereocenters. The third-order valence-corrected chi connectivity index (χ3v) is 5.36. The average Bonchev–Trinajstić information content (AvgIpc) is 2.64. The van der Waals surface area contributed by atoms with E-state index >= 15 is 0 Å². The maximum absolute atomic E-state index is 13.9. The molecule has 0 atom stereocenters. The second-order valence-corrected chi connectivity index (χ2v) is 8.48. The summed E-state index contributed by atoms with van der Waals surface area (Å²) in [6, 6.07) is 9.92. The van der Waals surface area contributed by atoms with Crippen molar-refractivity contribution in [3.63, 3.8) is 0 Å². The first kappa shape index (κ1) is 22.8. The molecule has 0 aliphatic carbocycles. The molecular formula is C19H20ClFN2O5S. The van der Waals surface area contributed by atoms with Crippen molar-refractivity contribution >= 4 is 39.2 Å². The van der Waals surface area contributed by atoms with E-state index in [9.17, 15) is 22.4 Å². The van der Waals surface area contributed by atoms with E-state index < -0.39 is 34.3 Å². The lowest BCUT2D eigenvalue weighted by atomic mass is 10.2. The van der Waals surface area contributed by atoms with Gasteiger partial charge >= 0.3 is 5.97 Å². The number of carbonyl (C=O) groups excluding carboxylic acids is 2. The minimum absolute atomic E-state index is 0.0673. The number of sulfonamides is 1. The second-order valence-electron chi connectivity index (χ2n) is 6.09. The Labute approximate surface area is 173 Å². The molecule has 0 fully saturated rings. The lowest BCUT2D eigenvalue weighted by Gasteiger charge is -2.20. The Kier molecular flexibility index (Phi) is 7.72. The molecule has 7 nitrogen and oxygen atoms in total. The summed E-state index contributed by atoms with van der Waals surface area (Å²) in [5, 5.41) is 2.66. The van der Waals surface area contributed by atoms with Gasteiger partial charge in [0.15, 0.2) is 0 Å². The number of hydrogen-bond acceptors (Lipinski definition) is 5. The summed E-state index contributed by atoms with van der Waals surface area (Å²) in [5.41, 5.74) is 0.446. The van der Waals surface area contributed by atoms with Crippen molar-refractivity contribution in [2.45, 2.75) is 13.5 Å². The molecule has 29 heavy (non-hydrogen) atoms. The normalized spacial score (nSPS) is 11.3. The van der Waals surface area contributed by atoms with E-state index in [4.69, 9.17) is 16.3 Å². The third kappa shape index (κ3) is 6.52. The van der Waals surface area contributed by atoms with E-state index in [2.05, 4.69) is 5.32 Å². The van der Waals surface area contributed by atoms with Crippen LogP contribution in [0.5, 0.6) is 0 Å². The number of anilines is 1. The summed E-state index contributed by atoms with van der Waals surface area (Å²) in [6.45, 7) is 0.968. The Balaban J connectivity index is 2.16. The van der Waals surface area contributed by atoms with Crippen molar-refractivity contribution in [3.8, 4) is 0 Å². The maximum Gasteiger partial charge on any atom is 0.339 e. The van der Waals surface area contributed by atoms with Crippen LogP contribution in [0.3, 0.4) is 0 Å². The van der Waals surface area contributed by atoms with E-state index in [1.54, 1.807) is 13.0 Å². The van der Waals surface area contributed by atoms with Gasteiger partial charge in [-0.15, -0.1) is 0 Å². The van der Waals surface area contributed by atoms with Crippen molar-refractivity contribution in [2.75, 3.05) is 24.7 Å². The van der Waals surface area contributed by atoms with E-state index in [0.29, 0.717) is 0 Å². The highest BCUT2D eigenvalue weighted by atomic mass is 35.5. The molecule has 10 heteroatoms. The number of hydrogen-bond donors (Lipinski definition) is 1. The number of nitrogens with one attached hydrogen (secondary N) is 1. The zero-order valence-electron chi connectivity index (χ0n) is 15.8. The zero-order valence-corrected chi connectivity index (χ0v) is 17.4. The molecule has 0 spiro atoms. The summed E-state index contributed by atoms with van der Waals surface area (Å²) >= 11 is 5.98. The Bertz CT molecular complexity index is 1010. The summed E-state index contributed by atoms with van der Waals surface area (Å²) in [4.78, 5) is 24.3. The quantitative estimate of drug-likeness (QED) is 0.634. The molecule has 0 saturated carbocycles. The molecule has 0 bridgehead atoms. The average molecular weight is 443 g/mol. The maximum atomic E-state index is 13.9. The van der Waals surface area contributed by atoms with E-state index in [1.165, 1.54) is 36.4 Å². The van der Waals surface area contributed by atoms with Crippen LogP contribution in [0.1, 0.15) is 22.8 Å². The van der Waals surface area contributed by atoms with E-state index in [0.717, 1.165) is 10.6 Å². The fourth-order valence-corrected chi connectivity index (χ4v) is 3.36. The smallest absolute Gasteiger partial charge is 0.339 e. The minimum atomic E-state index is -3.79. The SMILES string of the molecule is CCOC(=O)c1cc(NC(=O)CN(Cc2ccccc2F)S(C)(=O)=O)ccc1Cl. The molecule has 2 aromatic rings. The molecule has 2 rings (SSSR count). The largest absolute Gasteiger partial charge is 0.462 e. The van der Waals surface area contributed by atoms with E-state index in [1.807, 2.05) is 0 Å². The van der Waals surface area contributed by atoms with Crippen molar-refractivity contribution < 1.29 is 27.1 Å². The number of halogens is 2. The van der Waals surface area contributed by atoms with Crippen LogP contribution in [-0.2, 0) is 26.1 Å². The number of esters is 1. The highest BCUT2D eigenvalue weighted by Gasteiger charge is 2.22. The molecule has 156 valence electrons. The van der Waals surface area contributed by atoms with Gasteiger partial charge in [-0.2, -0.15) is 4.31 Å². The lowest BCUT2D eigenvalue weighted by Crippen LogP contribution is -2.37. The number of rotatable bonds is 8. The fraction of sp³-hybridized carbons (Fsp3) is 0.263. The fourth-order valence-electron chi connectivity index (χ4n) is 2.44. The van der Waals surface area contributed by atoms with Crippen LogP contribution in [0, 0.1) is 5.82 Å². The van der Waals surface area contributed by atoms with Gasteiger partial charge in [0.1, 0.15) is 5.82 Å². The van der Waals surface area contributed by atoms with Crippen LogP contribution < -0.4 is 5.32 Å². The Morgan fingerprint density at radius 1 is 1.21 bits per heavy atom. The minimum Gasteiger partial charge on any atom is -0.462 e. The van der Waals surface area contributed by atoms with Gasteiger partial charge in [0.05, 0.1) is 30.0 Å². The molecule has 0 heterocycles. The van der Waals surface area contributed by atoms with Crippen LogP contribution in [0.4, 0.5) is 10.1 Å². The van der Waals surface area contributed by atoms with Crippen LogP contribution in [0.25, 0.3) is 0 Å². The predicted octanol–water partition coefficient (Wildman–Crippen LogP) is 3.06. The van der Waals surface area contributed by atoms with Crippen LogP contribution in [0.2, 0.25) is 5.02 Å². The molecule has 1 amide bonds. The highest BCUT2D eigenvalue weighted by molar-refractivity contribution is 7.88. The molecule has 2 aromatic carbocycles. The third-order valence-electron chi connectivity index (χ3n) is 3.84. The van der Waals surface area contributed by atoms with Crippen molar-refractivity contribution in [2.24, 2.45) is 0 Å². The summed E-state index contributed by atoms with van der Waals surface area (Å²) in [5.74, 6) is -1.88. The van der Waals surface area contributed by atoms with Crippen LogP contribution >= 0.6 is 11.6 Å². The van der Waals surface area contributed by atoms with Crippen LogP contribution in [-0.4, -0.2) is 44.0 Å². The number of nitrogens with zero attached hydrogens (tertiary/aromatic N) is 1. The van der Waals surface area contributed by atoms with Gasteiger partial charge in [0.2, 0.25) is 15.9 Å². The van der Waals surface area contributed by atoms with Gasteiger partial charge in [-0.3, -0.25) is 4.79 Å². The topological polar surface area (TPSA) is 92.8 Å². The van der Waals surface area contributed by atoms with Gasteiger partial charge in [-0.1, -0.05) is 29.8 Å². The number of carbonyl (C=O) groups is 2.